The highest BCUT2D eigenvalue weighted by Gasteiger charge is 2.16. The number of nitrogens with zero attached hydrogens (tertiary/aromatic N) is 3. The molecule has 2 amide bonds. The number of amides is 2. The van der Waals surface area contributed by atoms with Gasteiger partial charge in [0.2, 0.25) is 5.91 Å². The van der Waals surface area contributed by atoms with Gasteiger partial charge in [-0.25, -0.2) is 0 Å². The van der Waals surface area contributed by atoms with E-state index in [1.807, 2.05) is 11.5 Å². The van der Waals surface area contributed by atoms with E-state index in [2.05, 4.69) is 20.8 Å². The number of ether oxygens (including phenoxy) is 2. The Morgan fingerprint density at radius 1 is 1.09 bits per heavy atom. The van der Waals surface area contributed by atoms with Crippen molar-refractivity contribution in [3.63, 3.8) is 0 Å². The zero-order valence-electron chi connectivity index (χ0n) is 18.4. The highest BCUT2D eigenvalue weighted by atomic mass is 35.5. The van der Waals surface area contributed by atoms with Crippen molar-refractivity contribution in [2.75, 3.05) is 25.3 Å². The lowest BCUT2D eigenvalue weighted by Crippen LogP contribution is -2.25. The number of anilines is 1. The van der Waals surface area contributed by atoms with Crippen molar-refractivity contribution in [3.8, 4) is 11.5 Å². The smallest absolute Gasteiger partial charge is 0.255 e. The first-order valence-corrected chi connectivity index (χ1v) is 11.4. The lowest BCUT2D eigenvalue weighted by Gasteiger charge is -2.11. The van der Waals surface area contributed by atoms with Crippen molar-refractivity contribution in [3.05, 3.63) is 58.9 Å². The average Bonchev–Trinajstić information content (AvgIpc) is 3.23. The molecule has 2 N–H and O–H groups in total. The molecule has 3 aromatic rings. The fraction of sp³-hybridized carbons (Fsp3) is 0.273. The highest BCUT2D eigenvalue weighted by molar-refractivity contribution is 7.99. The molecule has 0 radical (unpaired) electrons. The van der Waals surface area contributed by atoms with Gasteiger partial charge in [-0.2, -0.15) is 0 Å². The van der Waals surface area contributed by atoms with Crippen molar-refractivity contribution in [2.45, 2.75) is 25.2 Å². The van der Waals surface area contributed by atoms with Crippen molar-refractivity contribution in [2.24, 2.45) is 0 Å². The Bertz CT molecular complexity index is 1140. The molecular formula is C22H24ClN5O4S. The fourth-order valence-corrected chi connectivity index (χ4v) is 4.05. The molecule has 1 heterocycles. The number of hydrogen-bond donors (Lipinski definition) is 2. The van der Waals surface area contributed by atoms with Crippen LogP contribution in [0.25, 0.3) is 0 Å². The van der Waals surface area contributed by atoms with Crippen LogP contribution in [0.5, 0.6) is 11.5 Å². The third-order valence-electron chi connectivity index (χ3n) is 4.64. The van der Waals surface area contributed by atoms with E-state index in [4.69, 9.17) is 21.1 Å². The van der Waals surface area contributed by atoms with Gasteiger partial charge in [0.25, 0.3) is 5.91 Å². The van der Waals surface area contributed by atoms with Crippen molar-refractivity contribution >= 4 is 40.9 Å². The summed E-state index contributed by atoms with van der Waals surface area (Å²) >= 11 is 7.25. The topological polar surface area (TPSA) is 107 Å². The van der Waals surface area contributed by atoms with E-state index in [0.717, 1.165) is 0 Å². The lowest BCUT2D eigenvalue weighted by molar-refractivity contribution is -0.113. The molecule has 174 valence electrons. The molecule has 0 unspecified atom stereocenters. The number of methoxy groups -OCH3 is 2. The van der Waals surface area contributed by atoms with Crippen molar-refractivity contribution < 1.29 is 19.1 Å². The molecule has 9 nitrogen and oxygen atoms in total. The van der Waals surface area contributed by atoms with E-state index in [1.54, 1.807) is 42.5 Å². The van der Waals surface area contributed by atoms with Gasteiger partial charge in [-0.15, -0.1) is 10.2 Å². The number of para-hydroxylation sites is 1. The highest BCUT2D eigenvalue weighted by Crippen LogP contribution is 2.28. The second kappa shape index (κ2) is 11.6. The van der Waals surface area contributed by atoms with Crippen LogP contribution in [-0.4, -0.2) is 46.6 Å². The Balaban J connectivity index is 1.61. The number of carbonyl (C=O) groups excluding carboxylic acids is 2. The summed E-state index contributed by atoms with van der Waals surface area (Å²) in [6.07, 6.45) is 0. The molecule has 0 aliphatic rings. The monoisotopic (exact) mass is 489 g/mol. The first-order chi connectivity index (χ1) is 16.0. The maximum Gasteiger partial charge on any atom is 0.255 e. The van der Waals surface area contributed by atoms with Gasteiger partial charge in [-0.3, -0.25) is 9.59 Å². The Labute approximate surface area is 200 Å². The molecule has 33 heavy (non-hydrogen) atoms. The Morgan fingerprint density at radius 2 is 1.85 bits per heavy atom. The van der Waals surface area contributed by atoms with Crippen LogP contribution >= 0.6 is 23.4 Å². The van der Waals surface area contributed by atoms with Gasteiger partial charge in [0.1, 0.15) is 11.5 Å². The Kier molecular flexibility index (Phi) is 8.56. The zero-order valence-corrected chi connectivity index (χ0v) is 20.0. The molecule has 11 heteroatoms. The van der Waals surface area contributed by atoms with Crippen LogP contribution in [0.15, 0.2) is 47.6 Å². The first kappa shape index (κ1) is 24.4. The molecule has 0 bridgehead atoms. The number of benzene rings is 2. The molecule has 0 aliphatic carbocycles. The maximum absolute atomic E-state index is 12.5. The quantitative estimate of drug-likeness (QED) is 0.419. The predicted octanol–water partition coefficient (Wildman–Crippen LogP) is 3.63. The van der Waals surface area contributed by atoms with Crippen LogP contribution in [0.2, 0.25) is 5.02 Å². The summed E-state index contributed by atoms with van der Waals surface area (Å²) in [5, 5.41) is 15.0. The van der Waals surface area contributed by atoms with Gasteiger partial charge in [0, 0.05) is 11.6 Å². The van der Waals surface area contributed by atoms with Crippen LogP contribution < -0.4 is 20.1 Å². The van der Waals surface area contributed by atoms with Gasteiger partial charge in [-0.1, -0.05) is 35.5 Å². The fourth-order valence-electron chi connectivity index (χ4n) is 3.06. The molecule has 1 aromatic heterocycles. The summed E-state index contributed by atoms with van der Waals surface area (Å²) in [6.45, 7) is 2.71. The van der Waals surface area contributed by atoms with E-state index < -0.39 is 0 Å². The molecule has 3 rings (SSSR count). The third kappa shape index (κ3) is 6.17. The molecule has 2 aromatic carbocycles. The minimum absolute atomic E-state index is 0.112. The summed E-state index contributed by atoms with van der Waals surface area (Å²) in [5.74, 6) is 1.19. The second-order valence-corrected chi connectivity index (χ2v) is 8.09. The van der Waals surface area contributed by atoms with Crippen LogP contribution in [0.3, 0.4) is 0 Å². The average molecular weight is 490 g/mol. The SMILES string of the molecule is CCn1c(CNC(=O)c2ccccc2OC)nnc1SCC(=O)Nc1cc(Cl)ccc1OC. The van der Waals surface area contributed by atoms with Crippen LogP contribution in [-0.2, 0) is 17.9 Å². The third-order valence-corrected chi connectivity index (χ3v) is 5.84. The summed E-state index contributed by atoms with van der Waals surface area (Å²) in [6, 6.07) is 12.0. The first-order valence-electron chi connectivity index (χ1n) is 10.1. The van der Waals surface area contributed by atoms with E-state index in [0.29, 0.717) is 45.3 Å². The van der Waals surface area contributed by atoms with E-state index in [-0.39, 0.29) is 24.1 Å². The number of rotatable bonds is 10. The van der Waals surface area contributed by atoms with Crippen LogP contribution in [0, 0.1) is 0 Å². The lowest BCUT2D eigenvalue weighted by atomic mass is 10.2. The summed E-state index contributed by atoms with van der Waals surface area (Å²) in [7, 11) is 3.04. The van der Waals surface area contributed by atoms with Crippen LogP contribution in [0.4, 0.5) is 5.69 Å². The number of carbonyl (C=O) groups is 2. The zero-order chi connectivity index (χ0) is 23.8. The standard InChI is InChI=1S/C22H24ClN5O4S/c1-4-28-19(12-24-21(30)15-7-5-6-8-17(15)31-2)26-27-22(28)33-13-20(29)25-16-11-14(23)9-10-18(16)32-3/h5-11H,4,12-13H2,1-3H3,(H,24,30)(H,25,29). The number of halogens is 1. The van der Waals surface area contributed by atoms with Gasteiger partial charge in [0.05, 0.1) is 37.8 Å². The summed E-state index contributed by atoms with van der Waals surface area (Å²) < 4.78 is 12.3. The second-order valence-electron chi connectivity index (χ2n) is 6.71. The number of hydrogen-bond acceptors (Lipinski definition) is 7. The van der Waals surface area contributed by atoms with Crippen molar-refractivity contribution in [1.29, 1.82) is 0 Å². The molecule has 0 saturated carbocycles. The van der Waals surface area contributed by atoms with Crippen LogP contribution in [0.1, 0.15) is 23.1 Å². The minimum atomic E-state index is -0.276. The molecule has 0 atom stereocenters. The normalized spacial score (nSPS) is 10.5. The summed E-state index contributed by atoms with van der Waals surface area (Å²) in [5.41, 5.74) is 0.928. The van der Waals surface area contributed by atoms with E-state index in [9.17, 15) is 9.59 Å². The number of thioether (sulfide) groups is 1. The molecule has 0 aliphatic heterocycles. The Morgan fingerprint density at radius 3 is 2.58 bits per heavy atom. The number of aromatic nitrogens is 3. The molecule has 0 spiro atoms. The predicted molar refractivity (Wildman–Crippen MR) is 127 cm³/mol. The molecule has 0 fully saturated rings. The molecule has 0 saturated heterocycles. The van der Waals surface area contributed by atoms with Gasteiger partial charge in [0.15, 0.2) is 11.0 Å². The van der Waals surface area contributed by atoms with Gasteiger partial charge in [-0.05, 0) is 37.3 Å². The number of nitrogens with one attached hydrogen (secondary N) is 2. The minimum Gasteiger partial charge on any atom is -0.496 e. The van der Waals surface area contributed by atoms with Crippen molar-refractivity contribution in [1.82, 2.24) is 20.1 Å². The van der Waals surface area contributed by atoms with E-state index in [1.165, 1.54) is 26.0 Å². The van der Waals surface area contributed by atoms with E-state index >= 15 is 0 Å². The summed E-state index contributed by atoms with van der Waals surface area (Å²) in [4.78, 5) is 25.0. The van der Waals surface area contributed by atoms with Gasteiger partial charge >= 0.3 is 0 Å². The van der Waals surface area contributed by atoms with Gasteiger partial charge < -0.3 is 24.7 Å². The Hall–Kier alpha value is -3.24. The molecular weight excluding hydrogens is 466 g/mol. The largest absolute Gasteiger partial charge is 0.496 e. The maximum atomic E-state index is 12.5.